The van der Waals surface area contributed by atoms with E-state index in [0.29, 0.717) is 11.6 Å². The van der Waals surface area contributed by atoms with Gasteiger partial charge < -0.3 is 9.64 Å². The molecule has 0 atom stereocenters. The van der Waals surface area contributed by atoms with Gasteiger partial charge in [0.25, 0.3) is 0 Å². The van der Waals surface area contributed by atoms with Crippen LogP contribution in [0.4, 0.5) is 11.5 Å². The number of aromatic nitrogens is 2. The van der Waals surface area contributed by atoms with E-state index in [1.807, 2.05) is 41.3 Å². The Hall–Kier alpha value is -3.22. The first-order valence-corrected chi connectivity index (χ1v) is 9.13. The van der Waals surface area contributed by atoms with E-state index in [2.05, 4.69) is 9.97 Å². The summed E-state index contributed by atoms with van der Waals surface area (Å²) in [7, 11) is 0. The van der Waals surface area contributed by atoms with Crippen LogP contribution >= 0.6 is 0 Å². The summed E-state index contributed by atoms with van der Waals surface area (Å²) >= 11 is 0. The van der Waals surface area contributed by atoms with Crippen LogP contribution in [0.2, 0.25) is 0 Å². The Morgan fingerprint density at radius 2 is 1.70 bits per heavy atom. The van der Waals surface area contributed by atoms with Crippen LogP contribution in [0.15, 0.2) is 48.8 Å². The maximum atomic E-state index is 11.8. The van der Waals surface area contributed by atoms with Gasteiger partial charge in [0.05, 0.1) is 4.92 Å². The summed E-state index contributed by atoms with van der Waals surface area (Å²) in [5.74, 6) is 0.828. The third-order valence-corrected chi connectivity index (χ3v) is 4.79. The smallest absolute Gasteiger partial charge is 0.373 e. The molecule has 4 rings (SSSR count). The number of nitro groups is 1. The highest BCUT2D eigenvalue weighted by atomic mass is 16.6. The first kappa shape index (κ1) is 17.2. The third-order valence-electron chi connectivity index (χ3n) is 4.79. The van der Waals surface area contributed by atoms with Crippen LogP contribution in [0.25, 0.3) is 10.8 Å². The minimum Gasteiger partial charge on any atom is -0.434 e. The number of fused-ring (bicyclic) bond motifs is 1. The highest BCUT2D eigenvalue weighted by molar-refractivity contribution is 5.83. The fourth-order valence-corrected chi connectivity index (χ4v) is 3.44. The molecule has 1 aliphatic rings. The molecule has 0 saturated carbocycles. The van der Waals surface area contributed by atoms with Gasteiger partial charge in [-0.15, -0.1) is 0 Å². The van der Waals surface area contributed by atoms with Crippen LogP contribution in [-0.2, 0) is 0 Å². The molecule has 0 spiro atoms. The molecule has 1 saturated heterocycles. The average Bonchev–Trinajstić information content (AvgIpc) is 2.97. The zero-order chi connectivity index (χ0) is 18.6. The van der Waals surface area contributed by atoms with Crippen molar-refractivity contribution in [1.29, 1.82) is 0 Å². The molecule has 27 heavy (non-hydrogen) atoms. The fourth-order valence-electron chi connectivity index (χ4n) is 3.44. The molecule has 0 bridgehead atoms. The number of ether oxygens (including phenoxy) is 1. The highest BCUT2D eigenvalue weighted by Gasteiger charge is 2.29. The van der Waals surface area contributed by atoms with Crippen molar-refractivity contribution in [2.45, 2.75) is 25.7 Å². The van der Waals surface area contributed by atoms with E-state index in [4.69, 9.17) is 4.74 Å². The lowest BCUT2D eigenvalue weighted by Gasteiger charge is -2.21. The molecule has 1 aromatic heterocycles. The molecule has 1 fully saturated rings. The van der Waals surface area contributed by atoms with Gasteiger partial charge in [-0.2, -0.15) is 4.98 Å². The van der Waals surface area contributed by atoms with Crippen molar-refractivity contribution in [3.8, 4) is 11.6 Å². The van der Waals surface area contributed by atoms with Crippen molar-refractivity contribution in [2.75, 3.05) is 18.0 Å². The second kappa shape index (κ2) is 7.57. The van der Waals surface area contributed by atoms with Gasteiger partial charge >= 0.3 is 11.6 Å². The second-order valence-corrected chi connectivity index (χ2v) is 6.62. The first-order valence-electron chi connectivity index (χ1n) is 9.13. The van der Waals surface area contributed by atoms with Crippen molar-refractivity contribution < 1.29 is 9.66 Å². The third kappa shape index (κ3) is 3.67. The van der Waals surface area contributed by atoms with Gasteiger partial charge in [-0.3, -0.25) is 10.1 Å². The maximum Gasteiger partial charge on any atom is 0.373 e. The average molecular weight is 364 g/mol. The number of rotatable bonds is 4. The molecule has 138 valence electrons. The lowest BCUT2D eigenvalue weighted by atomic mass is 10.1. The summed E-state index contributed by atoms with van der Waals surface area (Å²) in [5.41, 5.74) is -0.174. The zero-order valence-corrected chi connectivity index (χ0v) is 14.9. The topological polar surface area (TPSA) is 81.4 Å². The number of hydrogen-bond donors (Lipinski definition) is 0. The van der Waals surface area contributed by atoms with Crippen LogP contribution in [0.5, 0.6) is 11.6 Å². The van der Waals surface area contributed by atoms with Crippen LogP contribution in [0.3, 0.4) is 0 Å². The fraction of sp³-hybridized carbons (Fsp3) is 0.300. The van der Waals surface area contributed by atoms with E-state index in [0.717, 1.165) is 49.5 Å². The molecular weight excluding hydrogens is 344 g/mol. The van der Waals surface area contributed by atoms with Crippen LogP contribution in [-0.4, -0.2) is 28.0 Å². The summed E-state index contributed by atoms with van der Waals surface area (Å²) in [5, 5.41) is 13.9. The Bertz CT molecular complexity index is 968. The molecule has 0 radical (unpaired) electrons. The van der Waals surface area contributed by atoms with E-state index >= 15 is 0 Å². The number of anilines is 1. The standard InChI is InChI=1S/C20H20N4O3/c25-24(26)18-19(23-11-5-1-2-6-12-23)21-14-22-20(18)27-17-10-9-15-7-3-4-8-16(15)13-17/h3-4,7-10,13-14H,1-2,5-6,11-12H2. The molecule has 2 heterocycles. The van der Waals surface area contributed by atoms with Crippen LogP contribution < -0.4 is 9.64 Å². The van der Waals surface area contributed by atoms with Crippen LogP contribution in [0, 0.1) is 10.1 Å². The quantitative estimate of drug-likeness (QED) is 0.492. The lowest BCUT2D eigenvalue weighted by molar-refractivity contribution is -0.385. The predicted molar refractivity (Wildman–Crippen MR) is 103 cm³/mol. The van der Waals surface area contributed by atoms with E-state index in [1.54, 1.807) is 6.07 Å². The van der Waals surface area contributed by atoms with Crippen LogP contribution in [0.1, 0.15) is 25.7 Å². The largest absolute Gasteiger partial charge is 0.434 e. The molecule has 0 aliphatic carbocycles. The molecule has 7 heteroatoms. The van der Waals surface area contributed by atoms with Crippen molar-refractivity contribution in [3.05, 3.63) is 58.9 Å². The lowest BCUT2D eigenvalue weighted by Crippen LogP contribution is -2.26. The van der Waals surface area contributed by atoms with Crippen molar-refractivity contribution >= 4 is 22.3 Å². The first-order chi connectivity index (χ1) is 13.2. The number of nitrogens with zero attached hydrogens (tertiary/aromatic N) is 4. The Morgan fingerprint density at radius 3 is 2.44 bits per heavy atom. The second-order valence-electron chi connectivity index (χ2n) is 6.62. The van der Waals surface area contributed by atoms with Gasteiger partial charge in [0.15, 0.2) is 0 Å². The van der Waals surface area contributed by atoms with Crippen molar-refractivity contribution in [3.63, 3.8) is 0 Å². The Morgan fingerprint density at radius 1 is 0.963 bits per heavy atom. The molecule has 7 nitrogen and oxygen atoms in total. The predicted octanol–water partition coefficient (Wildman–Crippen LogP) is 4.71. The monoisotopic (exact) mass is 364 g/mol. The van der Waals surface area contributed by atoms with Crippen molar-refractivity contribution in [2.24, 2.45) is 0 Å². The summed E-state index contributed by atoms with van der Waals surface area (Å²) in [6.45, 7) is 1.51. The van der Waals surface area contributed by atoms with Gasteiger partial charge in [-0.25, -0.2) is 4.98 Å². The molecule has 0 N–H and O–H groups in total. The van der Waals surface area contributed by atoms with E-state index in [9.17, 15) is 10.1 Å². The molecule has 1 aliphatic heterocycles. The Balaban J connectivity index is 1.70. The van der Waals surface area contributed by atoms with Gasteiger partial charge in [0, 0.05) is 13.1 Å². The Labute approximate surface area is 156 Å². The SMILES string of the molecule is O=[N+]([O-])c1c(Oc2ccc3ccccc3c2)ncnc1N1CCCCCC1. The summed E-state index contributed by atoms with van der Waals surface area (Å²) in [4.78, 5) is 21.6. The molecule has 0 unspecified atom stereocenters. The molecular formula is C20H20N4O3. The summed E-state index contributed by atoms with van der Waals surface area (Å²) < 4.78 is 5.82. The van der Waals surface area contributed by atoms with Gasteiger partial charge in [-0.05, 0) is 35.7 Å². The van der Waals surface area contributed by atoms with E-state index in [1.165, 1.54) is 6.33 Å². The Kier molecular flexibility index (Phi) is 4.82. The van der Waals surface area contributed by atoms with E-state index < -0.39 is 4.92 Å². The van der Waals surface area contributed by atoms with E-state index in [-0.39, 0.29) is 11.6 Å². The van der Waals surface area contributed by atoms with Gasteiger partial charge in [0.2, 0.25) is 5.82 Å². The highest BCUT2D eigenvalue weighted by Crippen LogP contribution is 2.37. The zero-order valence-electron chi connectivity index (χ0n) is 14.9. The summed E-state index contributed by atoms with van der Waals surface area (Å²) in [6.07, 6.45) is 5.61. The van der Waals surface area contributed by atoms with Gasteiger partial charge in [-0.1, -0.05) is 43.2 Å². The van der Waals surface area contributed by atoms with Crippen molar-refractivity contribution in [1.82, 2.24) is 9.97 Å². The maximum absolute atomic E-state index is 11.8. The number of benzene rings is 2. The summed E-state index contributed by atoms with van der Waals surface area (Å²) in [6, 6.07) is 13.4. The molecule has 0 amide bonds. The minimum absolute atomic E-state index is 0.0236. The normalized spacial score (nSPS) is 14.7. The van der Waals surface area contributed by atoms with Gasteiger partial charge in [0.1, 0.15) is 12.1 Å². The number of hydrogen-bond acceptors (Lipinski definition) is 6. The molecule has 3 aromatic rings. The minimum atomic E-state index is -0.448. The molecule has 2 aromatic carbocycles.